The molecule has 146 valence electrons. The summed E-state index contributed by atoms with van der Waals surface area (Å²) in [7, 11) is -1.66. The summed E-state index contributed by atoms with van der Waals surface area (Å²) in [5.41, 5.74) is 2.14. The maximum atomic E-state index is 11.7. The van der Waals surface area contributed by atoms with Crippen molar-refractivity contribution in [3.63, 3.8) is 0 Å². The Bertz CT molecular complexity index is 1050. The van der Waals surface area contributed by atoms with Crippen LogP contribution in [0.15, 0.2) is 65.8 Å². The van der Waals surface area contributed by atoms with Gasteiger partial charge in [0.05, 0.1) is 17.2 Å². The highest BCUT2D eigenvalue weighted by Gasteiger charge is 2.10. The number of sulfone groups is 1. The van der Waals surface area contributed by atoms with Crippen LogP contribution in [0.2, 0.25) is 0 Å². The third kappa shape index (κ3) is 5.05. The van der Waals surface area contributed by atoms with Gasteiger partial charge in [-0.1, -0.05) is 18.2 Å². The number of rotatable bonds is 8. The highest BCUT2D eigenvalue weighted by atomic mass is 32.2. The van der Waals surface area contributed by atoms with Crippen LogP contribution >= 0.6 is 0 Å². The molecule has 0 unspecified atom stereocenters. The molecule has 0 amide bonds. The number of para-hydroxylation sites is 1. The van der Waals surface area contributed by atoms with Gasteiger partial charge >= 0.3 is 0 Å². The second kappa shape index (κ2) is 8.81. The zero-order valence-electron chi connectivity index (χ0n) is 15.6. The van der Waals surface area contributed by atoms with Crippen LogP contribution in [0, 0.1) is 0 Å². The number of hydrogen-bond donors (Lipinski definition) is 1. The summed E-state index contributed by atoms with van der Waals surface area (Å²) in [4.78, 5) is 8.80. The maximum absolute atomic E-state index is 11.7. The van der Waals surface area contributed by atoms with E-state index in [-0.39, 0.29) is 4.90 Å². The first-order valence-electron chi connectivity index (χ1n) is 8.58. The molecule has 1 aromatic heterocycles. The summed E-state index contributed by atoms with van der Waals surface area (Å²) in [5, 5.41) is 3.12. The van der Waals surface area contributed by atoms with Crippen molar-refractivity contribution in [3.05, 3.63) is 60.9 Å². The molecule has 0 fully saturated rings. The fourth-order valence-corrected chi connectivity index (χ4v) is 3.23. The predicted molar refractivity (Wildman–Crippen MR) is 108 cm³/mol. The van der Waals surface area contributed by atoms with Crippen LogP contribution in [0.25, 0.3) is 11.3 Å². The lowest BCUT2D eigenvalue weighted by atomic mass is 10.1. The van der Waals surface area contributed by atoms with E-state index < -0.39 is 9.84 Å². The van der Waals surface area contributed by atoms with Gasteiger partial charge in [-0.05, 0) is 30.3 Å². The van der Waals surface area contributed by atoms with Crippen molar-refractivity contribution >= 4 is 21.3 Å². The molecule has 0 saturated heterocycles. The molecule has 3 rings (SSSR count). The summed E-state index contributed by atoms with van der Waals surface area (Å²) >= 11 is 0. The fourth-order valence-electron chi connectivity index (χ4n) is 2.56. The second-order valence-electron chi connectivity index (χ2n) is 6.05. The van der Waals surface area contributed by atoms with E-state index in [0.717, 1.165) is 5.56 Å². The maximum Gasteiger partial charge on any atom is 0.175 e. The van der Waals surface area contributed by atoms with E-state index in [1.807, 2.05) is 24.3 Å². The van der Waals surface area contributed by atoms with Crippen LogP contribution in [0.4, 0.5) is 11.5 Å². The number of aromatic nitrogens is 2. The van der Waals surface area contributed by atoms with E-state index in [1.165, 1.54) is 12.6 Å². The van der Waals surface area contributed by atoms with Crippen LogP contribution in [0.3, 0.4) is 0 Å². The van der Waals surface area contributed by atoms with Crippen LogP contribution < -0.4 is 10.1 Å². The van der Waals surface area contributed by atoms with Gasteiger partial charge in [-0.2, -0.15) is 0 Å². The Morgan fingerprint density at radius 3 is 2.61 bits per heavy atom. The van der Waals surface area contributed by atoms with Crippen molar-refractivity contribution in [2.75, 3.05) is 31.9 Å². The summed E-state index contributed by atoms with van der Waals surface area (Å²) in [6.07, 6.45) is 2.62. The SMILES string of the molecule is COCCOc1ccccc1-c1cc(Nc2cccc(S(C)(=O)=O)c2)ncn1. The van der Waals surface area contributed by atoms with E-state index in [2.05, 4.69) is 15.3 Å². The average Bonchev–Trinajstić information content (AvgIpc) is 2.68. The monoisotopic (exact) mass is 399 g/mol. The minimum absolute atomic E-state index is 0.240. The van der Waals surface area contributed by atoms with Crippen molar-refractivity contribution in [1.82, 2.24) is 9.97 Å². The van der Waals surface area contributed by atoms with E-state index in [1.54, 1.807) is 37.4 Å². The molecule has 0 atom stereocenters. The number of methoxy groups -OCH3 is 1. The first-order valence-corrected chi connectivity index (χ1v) is 10.5. The number of nitrogens with one attached hydrogen (secondary N) is 1. The number of hydrogen-bond acceptors (Lipinski definition) is 7. The van der Waals surface area contributed by atoms with Gasteiger partial charge in [0, 0.05) is 30.7 Å². The van der Waals surface area contributed by atoms with Crippen LogP contribution in [0.5, 0.6) is 5.75 Å². The zero-order chi connectivity index (χ0) is 20.0. The minimum Gasteiger partial charge on any atom is -0.490 e. The number of nitrogens with zero attached hydrogens (tertiary/aromatic N) is 2. The summed E-state index contributed by atoms with van der Waals surface area (Å²) in [6, 6.07) is 15.9. The molecule has 0 radical (unpaired) electrons. The van der Waals surface area contributed by atoms with Gasteiger partial charge in [0.15, 0.2) is 9.84 Å². The quantitative estimate of drug-likeness (QED) is 0.581. The highest BCUT2D eigenvalue weighted by molar-refractivity contribution is 7.90. The Kier molecular flexibility index (Phi) is 6.23. The smallest absolute Gasteiger partial charge is 0.175 e. The molecule has 0 aliphatic heterocycles. The third-order valence-corrected chi connectivity index (χ3v) is 5.02. The first-order chi connectivity index (χ1) is 13.5. The third-order valence-electron chi connectivity index (χ3n) is 3.91. The molecule has 7 nitrogen and oxygen atoms in total. The van der Waals surface area contributed by atoms with Crippen LogP contribution in [-0.4, -0.2) is 45.0 Å². The van der Waals surface area contributed by atoms with E-state index in [0.29, 0.717) is 36.2 Å². The van der Waals surface area contributed by atoms with E-state index in [4.69, 9.17) is 9.47 Å². The molecule has 0 aliphatic carbocycles. The number of ether oxygens (including phenoxy) is 2. The van der Waals surface area contributed by atoms with Gasteiger partial charge in [-0.3, -0.25) is 0 Å². The molecule has 1 N–H and O–H groups in total. The molecule has 3 aromatic rings. The van der Waals surface area contributed by atoms with Crippen molar-refractivity contribution < 1.29 is 17.9 Å². The van der Waals surface area contributed by atoms with E-state index >= 15 is 0 Å². The molecule has 8 heteroatoms. The average molecular weight is 399 g/mol. The van der Waals surface area contributed by atoms with Gasteiger partial charge in [-0.25, -0.2) is 18.4 Å². The molecule has 28 heavy (non-hydrogen) atoms. The molecular weight excluding hydrogens is 378 g/mol. The predicted octanol–water partition coefficient (Wildman–Crippen LogP) is 3.32. The molecular formula is C20H21N3O4S. The van der Waals surface area contributed by atoms with Gasteiger partial charge < -0.3 is 14.8 Å². The normalized spacial score (nSPS) is 11.2. The zero-order valence-corrected chi connectivity index (χ0v) is 16.4. The lowest BCUT2D eigenvalue weighted by molar-refractivity contribution is 0.146. The van der Waals surface area contributed by atoms with Crippen molar-refractivity contribution in [2.24, 2.45) is 0 Å². The standard InChI is InChI=1S/C20H21N3O4S/c1-26-10-11-27-19-9-4-3-8-17(19)18-13-20(22-14-21-18)23-15-6-5-7-16(12-15)28(2,24)25/h3-9,12-14H,10-11H2,1-2H3,(H,21,22,23). The fraction of sp³-hybridized carbons (Fsp3) is 0.200. The largest absolute Gasteiger partial charge is 0.490 e. The van der Waals surface area contributed by atoms with Crippen molar-refractivity contribution in [3.8, 4) is 17.0 Å². The lowest BCUT2D eigenvalue weighted by Gasteiger charge is -2.12. The first kappa shape index (κ1) is 19.8. The van der Waals surface area contributed by atoms with Gasteiger partial charge in [0.25, 0.3) is 0 Å². The summed E-state index contributed by atoms with van der Waals surface area (Å²) in [6.45, 7) is 0.920. The molecule has 0 aliphatic rings. The Labute approximate surface area is 164 Å². The van der Waals surface area contributed by atoms with Gasteiger partial charge in [-0.15, -0.1) is 0 Å². The Balaban J connectivity index is 1.86. The topological polar surface area (TPSA) is 90.4 Å². The van der Waals surface area contributed by atoms with Crippen LogP contribution in [-0.2, 0) is 14.6 Å². The highest BCUT2D eigenvalue weighted by Crippen LogP contribution is 2.30. The molecule has 0 saturated carbocycles. The van der Waals surface area contributed by atoms with Gasteiger partial charge in [0.1, 0.15) is 24.5 Å². The van der Waals surface area contributed by atoms with Crippen molar-refractivity contribution in [2.45, 2.75) is 4.90 Å². The second-order valence-corrected chi connectivity index (χ2v) is 8.07. The van der Waals surface area contributed by atoms with Crippen molar-refractivity contribution in [1.29, 1.82) is 0 Å². The Hall–Kier alpha value is -2.97. The molecule has 0 spiro atoms. The lowest BCUT2D eigenvalue weighted by Crippen LogP contribution is -2.05. The minimum atomic E-state index is -3.29. The number of benzene rings is 2. The summed E-state index contributed by atoms with van der Waals surface area (Å²) < 4.78 is 34.3. The Morgan fingerprint density at radius 1 is 1.00 bits per heavy atom. The van der Waals surface area contributed by atoms with Gasteiger partial charge in [0.2, 0.25) is 0 Å². The van der Waals surface area contributed by atoms with Crippen LogP contribution in [0.1, 0.15) is 0 Å². The molecule has 2 aromatic carbocycles. The van der Waals surface area contributed by atoms with E-state index in [9.17, 15) is 8.42 Å². The molecule has 1 heterocycles. The number of anilines is 2. The summed E-state index contributed by atoms with van der Waals surface area (Å²) in [5.74, 6) is 1.24. The Morgan fingerprint density at radius 2 is 1.82 bits per heavy atom. The molecule has 0 bridgehead atoms.